The van der Waals surface area contributed by atoms with Crippen molar-refractivity contribution in [3.8, 4) is 0 Å². The van der Waals surface area contributed by atoms with Crippen LogP contribution < -0.4 is 5.73 Å². The maximum atomic E-state index is 13.1. The van der Waals surface area contributed by atoms with Gasteiger partial charge < -0.3 is 5.73 Å². The number of thiophene rings is 1. The van der Waals surface area contributed by atoms with E-state index in [4.69, 9.17) is 5.73 Å². The highest BCUT2D eigenvalue weighted by atomic mass is 32.2. The van der Waals surface area contributed by atoms with E-state index in [1.54, 1.807) is 35.2 Å². The molecule has 2 N–H and O–H groups in total. The molecule has 0 aliphatic carbocycles. The molecule has 90 valence electrons. The Labute approximate surface area is 109 Å². The van der Waals surface area contributed by atoms with Crippen LogP contribution >= 0.6 is 23.1 Å². The maximum Gasteiger partial charge on any atom is 0.124 e. The van der Waals surface area contributed by atoms with Gasteiger partial charge in [0.1, 0.15) is 5.82 Å². The largest absolute Gasteiger partial charge is 0.329 e. The SMILES string of the molecule is Cc1ccc(C(CN)Sc2cccc(F)c2)s1. The maximum absolute atomic E-state index is 13.1. The number of aryl methyl sites for hydroxylation is 1. The van der Waals surface area contributed by atoms with E-state index in [1.165, 1.54) is 15.8 Å². The second kappa shape index (κ2) is 5.67. The topological polar surface area (TPSA) is 26.0 Å². The van der Waals surface area contributed by atoms with Crippen LogP contribution in [-0.4, -0.2) is 6.54 Å². The van der Waals surface area contributed by atoms with Crippen LogP contribution in [-0.2, 0) is 0 Å². The van der Waals surface area contributed by atoms with Crippen molar-refractivity contribution in [1.29, 1.82) is 0 Å². The third-order valence-corrected chi connectivity index (χ3v) is 4.89. The lowest BCUT2D eigenvalue weighted by Crippen LogP contribution is -2.07. The lowest BCUT2D eigenvalue weighted by atomic mass is 10.3. The fraction of sp³-hybridized carbons (Fsp3) is 0.231. The van der Waals surface area contributed by atoms with Crippen LogP contribution in [0.25, 0.3) is 0 Å². The first-order valence-electron chi connectivity index (χ1n) is 5.37. The van der Waals surface area contributed by atoms with Crippen LogP contribution in [0.4, 0.5) is 4.39 Å². The first kappa shape index (κ1) is 12.6. The molecule has 0 aliphatic heterocycles. The van der Waals surface area contributed by atoms with E-state index in [0.717, 1.165) is 4.90 Å². The molecule has 2 rings (SSSR count). The Balaban J connectivity index is 2.15. The number of rotatable bonds is 4. The summed E-state index contributed by atoms with van der Waals surface area (Å²) in [5, 5.41) is 0.204. The highest BCUT2D eigenvalue weighted by molar-refractivity contribution is 7.99. The van der Waals surface area contributed by atoms with Gasteiger partial charge in [0.15, 0.2) is 0 Å². The predicted octanol–water partition coefficient (Wildman–Crippen LogP) is 3.99. The number of benzene rings is 1. The van der Waals surface area contributed by atoms with E-state index in [1.807, 2.05) is 6.07 Å². The Morgan fingerprint density at radius 1 is 1.35 bits per heavy atom. The third kappa shape index (κ3) is 3.31. The van der Waals surface area contributed by atoms with E-state index >= 15 is 0 Å². The zero-order chi connectivity index (χ0) is 12.3. The highest BCUT2D eigenvalue weighted by Gasteiger charge is 2.13. The number of nitrogens with two attached hydrogens (primary N) is 1. The Hall–Kier alpha value is -0.840. The lowest BCUT2D eigenvalue weighted by Gasteiger charge is -2.12. The molecule has 0 saturated heterocycles. The van der Waals surface area contributed by atoms with Gasteiger partial charge in [-0.2, -0.15) is 0 Å². The molecule has 1 unspecified atom stereocenters. The van der Waals surface area contributed by atoms with Crippen molar-refractivity contribution >= 4 is 23.1 Å². The predicted molar refractivity (Wildman–Crippen MR) is 73.1 cm³/mol. The molecule has 1 nitrogen and oxygen atoms in total. The van der Waals surface area contributed by atoms with Gasteiger partial charge >= 0.3 is 0 Å². The molecule has 2 aromatic rings. The van der Waals surface area contributed by atoms with E-state index < -0.39 is 0 Å². The number of thioether (sulfide) groups is 1. The fourth-order valence-electron chi connectivity index (χ4n) is 1.55. The molecule has 0 radical (unpaired) electrons. The molecule has 1 aromatic carbocycles. The molecule has 17 heavy (non-hydrogen) atoms. The van der Waals surface area contributed by atoms with Crippen LogP contribution in [0, 0.1) is 12.7 Å². The van der Waals surface area contributed by atoms with E-state index in [2.05, 4.69) is 19.1 Å². The zero-order valence-corrected chi connectivity index (χ0v) is 11.2. The van der Waals surface area contributed by atoms with Gasteiger partial charge in [-0.15, -0.1) is 23.1 Å². The summed E-state index contributed by atoms with van der Waals surface area (Å²) in [4.78, 5) is 3.45. The van der Waals surface area contributed by atoms with E-state index in [0.29, 0.717) is 6.54 Å². The minimum Gasteiger partial charge on any atom is -0.329 e. The monoisotopic (exact) mass is 267 g/mol. The van der Waals surface area contributed by atoms with E-state index in [9.17, 15) is 4.39 Å². The van der Waals surface area contributed by atoms with Crippen molar-refractivity contribution in [3.05, 3.63) is 52.0 Å². The number of hydrogen-bond donors (Lipinski definition) is 1. The number of halogens is 1. The summed E-state index contributed by atoms with van der Waals surface area (Å²) in [6, 6.07) is 10.8. The van der Waals surface area contributed by atoms with Crippen LogP contribution in [0.2, 0.25) is 0 Å². The molecule has 0 spiro atoms. The molecule has 0 saturated carbocycles. The second-order valence-corrected chi connectivity index (χ2v) is 6.34. The molecule has 0 amide bonds. The average molecular weight is 267 g/mol. The van der Waals surface area contributed by atoms with Gasteiger partial charge in [0.2, 0.25) is 0 Å². The molecular formula is C13H14FNS2. The fourth-order valence-corrected chi connectivity index (χ4v) is 3.67. The average Bonchev–Trinajstić information content (AvgIpc) is 2.73. The second-order valence-electron chi connectivity index (χ2n) is 3.75. The van der Waals surface area contributed by atoms with Crippen molar-refractivity contribution in [2.75, 3.05) is 6.54 Å². The summed E-state index contributed by atoms with van der Waals surface area (Å²) >= 11 is 3.36. The van der Waals surface area contributed by atoms with Gasteiger partial charge in [-0.25, -0.2) is 4.39 Å². The molecule has 1 aromatic heterocycles. The van der Waals surface area contributed by atoms with E-state index in [-0.39, 0.29) is 11.1 Å². The minimum atomic E-state index is -0.201. The van der Waals surface area contributed by atoms with Crippen LogP contribution in [0.5, 0.6) is 0 Å². The van der Waals surface area contributed by atoms with Gasteiger partial charge in [-0.1, -0.05) is 6.07 Å². The Bertz CT molecular complexity index is 496. The molecule has 1 heterocycles. The van der Waals surface area contributed by atoms with Crippen molar-refractivity contribution in [2.45, 2.75) is 17.1 Å². The van der Waals surface area contributed by atoms with Gasteiger partial charge in [-0.05, 0) is 37.3 Å². The van der Waals surface area contributed by atoms with Crippen molar-refractivity contribution in [2.24, 2.45) is 5.73 Å². The summed E-state index contributed by atoms with van der Waals surface area (Å²) in [6.45, 7) is 2.63. The summed E-state index contributed by atoms with van der Waals surface area (Å²) in [5.41, 5.74) is 5.79. The molecular weight excluding hydrogens is 253 g/mol. The number of hydrogen-bond acceptors (Lipinski definition) is 3. The highest BCUT2D eigenvalue weighted by Crippen LogP contribution is 2.37. The first-order valence-corrected chi connectivity index (χ1v) is 7.07. The van der Waals surface area contributed by atoms with Crippen molar-refractivity contribution in [3.63, 3.8) is 0 Å². The summed E-state index contributed by atoms with van der Waals surface area (Å²) in [7, 11) is 0. The molecule has 1 atom stereocenters. The Morgan fingerprint density at radius 3 is 2.76 bits per heavy atom. The first-order chi connectivity index (χ1) is 8.19. The van der Waals surface area contributed by atoms with Gasteiger partial charge in [0, 0.05) is 21.2 Å². The van der Waals surface area contributed by atoms with Crippen molar-refractivity contribution < 1.29 is 4.39 Å². The van der Waals surface area contributed by atoms with Gasteiger partial charge in [0.05, 0.1) is 5.25 Å². The van der Waals surface area contributed by atoms with Gasteiger partial charge in [-0.3, -0.25) is 0 Å². The smallest absolute Gasteiger partial charge is 0.124 e. The summed E-state index contributed by atoms with van der Waals surface area (Å²) in [6.07, 6.45) is 0. The Morgan fingerprint density at radius 2 is 2.18 bits per heavy atom. The summed E-state index contributed by atoms with van der Waals surface area (Å²) in [5.74, 6) is -0.201. The molecule has 0 fully saturated rings. The molecule has 0 aliphatic rings. The van der Waals surface area contributed by atoms with Crippen LogP contribution in [0.15, 0.2) is 41.3 Å². The molecule has 4 heteroatoms. The lowest BCUT2D eigenvalue weighted by molar-refractivity contribution is 0.624. The van der Waals surface area contributed by atoms with Crippen LogP contribution in [0.1, 0.15) is 15.0 Å². The summed E-state index contributed by atoms with van der Waals surface area (Å²) < 4.78 is 13.1. The molecule has 0 bridgehead atoms. The van der Waals surface area contributed by atoms with Crippen LogP contribution in [0.3, 0.4) is 0 Å². The zero-order valence-electron chi connectivity index (χ0n) is 9.52. The van der Waals surface area contributed by atoms with Gasteiger partial charge in [0.25, 0.3) is 0 Å². The quantitative estimate of drug-likeness (QED) is 0.848. The minimum absolute atomic E-state index is 0.201. The standard InChI is InChI=1S/C13H14FNS2/c1-9-5-6-12(16-9)13(8-15)17-11-4-2-3-10(14)7-11/h2-7,13H,8,15H2,1H3. The Kier molecular flexibility index (Phi) is 4.20. The normalized spacial score (nSPS) is 12.6. The van der Waals surface area contributed by atoms with Crippen molar-refractivity contribution in [1.82, 2.24) is 0 Å². The third-order valence-electron chi connectivity index (χ3n) is 2.37.